The Morgan fingerprint density at radius 3 is 2.84 bits per heavy atom. The normalized spacial score (nSPS) is 18.5. The highest BCUT2D eigenvalue weighted by Crippen LogP contribution is 2.33. The fourth-order valence-corrected chi connectivity index (χ4v) is 3.49. The smallest absolute Gasteiger partial charge is 0.245 e. The molecule has 1 fully saturated rings. The van der Waals surface area contributed by atoms with Crippen molar-refractivity contribution in [2.24, 2.45) is 0 Å². The largest absolute Gasteiger partial charge is 0.454 e. The summed E-state index contributed by atoms with van der Waals surface area (Å²) in [6.45, 7) is 5.80. The van der Waals surface area contributed by atoms with Gasteiger partial charge in [-0.25, -0.2) is 0 Å². The van der Waals surface area contributed by atoms with E-state index in [0.717, 1.165) is 42.7 Å². The number of unbranched alkanes of at least 4 members (excludes halogenated alkanes) is 1. The van der Waals surface area contributed by atoms with E-state index in [1.165, 1.54) is 0 Å². The molecule has 1 saturated heterocycles. The Morgan fingerprint density at radius 2 is 2.08 bits per heavy atom. The Morgan fingerprint density at radius 1 is 1.28 bits per heavy atom. The molecule has 3 rings (SSSR count). The molecule has 0 aromatic heterocycles. The predicted octanol–water partition coefficient (Wildman–Crippen LogP) is 2.55. The molecule has 0 aliphatic carbocycles. The van der Waals surface area contributed by atoms with Crippen LogP contribution in [-0.4, -0.2) is 47.5 Å². The van der Waals surface area contributed by atoms with Crippen molar-refractivity contribution in [3.05, 3.63) is 23.8 Å². The first kappa shape index (κ1) is 17.6. The summed E-state index contributed by atoms with van der Waals surface area (Å²) in [7, 11) is 0. The Labute approximate surface area is 148 Å². The van der Waals surface area contributed by atoms with Gasteiger partial charge in [-0.15, -0.1) is 0 Å². The Bertz CT molecular complexity index is 646. The highest BCUT2D eigenvalue weighted by atomic mass is 16.7. The Balaban J connectivity index is 1.74. The van der Waals surface area contributed by atoms with Crippen molar-refractivity contribution in [1.29, 1.82) is 0 Å². The summed E-state index contributed by atoms with van der Waals surface area (Å²) in [4.78, 5) is 28.5. The zero-order chi connectivity index (χ0) is 17.8. The van der Waals surface area contributed by atoms with Crippen LogP contribution in [0.25, 0.3) is 0 Å². The molecule has 0 N–H and O–H groups in total. The van der Waals surface area contributed by atoms with Gasteiger partial charge in [0.25, 0.3) is 0 Å². The molecular weight excluding hydrogens is 320 g/mol. The van der Waals surface area contributed by atoms with Crippen LogP contribution in [0.15, 0.2) is 18.2 Å². The van der Waals surface area contributed by atoms with Crippen LogP contribution in [0.1, 0.15) is 45.1 Å². The number of hydrogen-bond donors (Lipinski definition) is 0. The van der Waals surface area contributed by atoms with E-state index in [4.69, 9.17) is 9.47 Å². The molecule has 2 aliphatic heterocycles. The Hall–Kier alpha value is -2.24. The maximum absolute atomic E-state index is 13.1. The van der Waals surface area contributed by atoms with Gasteiger partial charge in [0.15, 0.2) is 11.5 Å². The lowest BCUT2D eigenvalue weighted by Crippen LogP contribution is -2.47. The van der Waals surface area contributed by atoms with Crippen molar-refractivity contribution < 1.29 is 19.1 Å². The van der Waals surface area contributed by atoms with Gasteiger partial charge in [0.05, 0.1) is 0 Å². The number of fused-ring (bicyclic) bond motifs is 1. The average molecular weight is 346 g/mol. The van der Waals surface area contributed by atoms with Crippen molar-refractivity contribution in [2.75, 3.05) is 19.9 Å². The third-order valence-corrected chi connectivity index (χ3v) is 4.85. The van der Waals surface area contributed by atoms with Crippen molar-refractivity contribution in [2.45, 2.75) is 52.1 Å². The van der Waals surface area contributed by atoms with Gasteiger partial charge >= 0.3 is 0 Å². The molecule has 6 heteroatoms. The lowest BCUT2D eigenvalue weighted by atomic mass is 10.1. The van der Waals surface area contributed by atoms with Crippen LogP contribution < -0.4 is 9.47 Å². The van der Waals surface area contributed by atoms with Gasteiger partial charge < -0.3 is 19.3 Å². The quantitative estimate of drug-likeness (QED) is 0.794. The monoisotopic (exact) mass is 346 g/mol. The second-order valence-corrected chi connectivity index (χ2v) is 6.67. The first-order chi connectivity index (χ1) is 12.1. The number of nitrogens with zero attached hydrogens (tertiary/aromatic N) is 2. The molecule has 6 nitrogen and oxygen atoms in total. The van der Waals surface area contributed by atoms with Crippen LogP contribution in [0.5, 0.6) is 11.5 Å². The maximum atomic E-state index is 13.1. The second-order valence-electron chi connectivity index (χ2n) is 6.67. The molecular formula is C19H26N2O4. The van der Waals surface area contributed by atoms with Crippen LogP contribution in [0.2, 0.25) is 0 Å². The van der Waals surface area contributed by atoms with Crippen LogP contribution >= 0.6 is 0 Å². The van der Waals surface area contributed by atoms with Gasteiger partial charge in [0, 0.05) is 26.6 Å². The van der Waals surface area contributed by atoms with Crippen LogP contribution in [-0.2, 0) is 16.1 Å². The molecule has 25 heavy (non-hydrogen) atoms. The molecule has 1 atom stereocenters. The summed E-state index contributed by atoms with van der Waals surface area (Å²) in [6, 6.07) is 5.48. The van der Waals surface area contributed by atoms with E-state index in [2.05, 4.69) is 6.92 Å². The topological polar surface area (TPSA) is 59.1 Å². The van der Waals surface area contributed by atoms with Crippen LogP contribution in [0.3, 0.4) is 0 Å². The molecule has 0 spiro atoms. The minimum atomic E-state index is -0.316. The number of hydrogen-bond acceptors (Lipinski definition) is 4. The molecule has 0 radical (unpaired) electrons. The van der Waals surface area contributed by atoms with Crippen molar-refractivity contribution in [3.63, 3.8) is 0 Å². The predicted molar refractivity (Wildman–Crippen MR) is 93.3 cm³/mol. The number of amides is 2. The zero-order valence-electron chi connectivity index (χ0n) is 15.0. The molecule has 2 amide bonds. The molecule has 2 aliphatic rings. The standard InChI is InChI=1S/C19H26N2O4/c1-3-4-9-20(19(23)16-6-5-10-21(16)14(2)22)12-15-7-8-17-18(11-15)25-13-24-17/h7-8,11,16H,3-6,9-10,12-13H2,1-2H3/t16-/m1/s1. The number of likely N-dealkylation sites (tertiary alicyclic amines) is 1. The Kier molecular flexibility index (Phi) is 5.46. The third kappa shape index (κ3) is 3.89. The number of carbonyl (C=O) groups is 2. The lowest BCUT2D eigenvalue weighted by molar-refractivity contribution is -0.143. The summed E-state index contributed by atoms with van der Waals surface area (Å²) in [6.07, 6.45) is 3.61. The summed E-state index contributed by atoms with van der Waals surface area (Å²) in [5.41, 5.74) is 1.01. The number of benzene rings is 1. The fraction of sp³-hybridized carbons (Fsp3) is 0.579. The van der Waals surface area contributed by atoms with Gasteiger partial charge in [-0.2, -0.15) is 0 Å². The molecule has 0 bridgehead atoms. The summed E-state index contributed by atoms with van der Waals surface area (Å²) >= 11 is 0. The van der Waals surface area contributed by atoms with Crippen molar-refractivity contribution >= 4 is 11.8 Å². The fourth-order valence-electron chi connectivity index (χ4n) is 3.49. The zero-order valence-corrected chi connectivity index (χ0v) is 15.0. The molecule has 136 valence electrons. The molecule has 0 saturated carbocycles. The van der Waals surface area contributed by atoms with Gasteiger partial charge in [-0.05, 0) is 37.0 Å². The van der Waals surface area contributed by atoms with Crippen LogP contribution in [0, 0.1) is 0 Å². The van der Waals surface area contributed by atoms with E-state index in [1.807, 2.05) is 23.1 Å². The van der Waals surface area contributed by atoms with Crippen molar-refractivity contribution in [1.82, 2.24) is 9.80 Å². The summed E-state index contributed by atoms with van der Waals surface area (Å²) < 4.78 is 10.8. The molecule has 0 unspecified atom stereocenters. The first-order valence-electron chi connectivity index (χ1n) is 9.04. The lowest BCUT2D eigenvalue weighted by Gasteiger charge is -2.30. The van der Waals surface area contributed by atoms with Gasteiger partial charge in [-0.3, -0.25) is 9.59 Å². The SMILES string of the molecule is CCCCN(Cc1ccc2c(c1)OCO2)C(=O)[C@H]1CCCN1C(C)=O. The number of ether oxygens (including phenoxy) is 2. The highest BCUT2D eigenvalue weighted by molar-refractivity contribution is 5.87. The van der Waals surface area contributed by atoms with Crippen LogP contribution in [0.4, 0.5) is 0 Å². The summed E-state index contributed by atoms with van der Waals surface area (Å²) in [5, 5.41) is 0. The maximum Gasteiger partial charge on any atom is 0.245 e. The molecule has 2 heterocycles. The summed E-state index contributed by atoms with van der Waals surface area (Å²) in [5.74, 6) is 1.51. The van der Waals surface area contributed by atoms with Crippen molar-refractivity contribution in [3.8, 4) is 11.5 Å². The van der Waals surface area contributed by atoms with E-state index in [0.29, 0.717) is 19.6 Å². The van der Waals surface area contributed by atoms with Gasteiger partial charge in [0.1, 0.15) is 6.04 Å². The number of rotatable bonds is 6. The van der Waals surface area contributed by atoms with E-state index < -0.39 is 0 Å². The van der Waals surface area contributed by atoms with Gasteiger partial charge in [0.2, 0.25) is 18.6 Å². The average Bonchev–Trinajstić information content (AvgIpc) is 3.26. The van der Waals surface area contributed by atoms with Gasteiger partial charge in [-0.1, -0.05) is 19.4 Å². The molecule has 1 aromatic carbocycles. The first-order valence-corrected chi connectivity index (χ1v) is 9.04. The van der Waals surface area contributed by atoms with E-state index >= 15 is 0 Å². The second kappa shape index (κ2) is 7.76. The number of carbonyl (C=O) groups excluding carboxylic acids is 2. The highest BCUT2D eigenvalue weighted by Gasteiger charge is 2.35. The molecule has 1 aromatic rings. The third-order valence-electron chi connectivity index (χ3n) is 4.85. The van der Waals surface area contributed by atoms with E-state index in [-0.39, 0.29) is 24.6 Å². The van der Waals surface area contributed by atoms with E-state index in [9.17, 15) is 9.59 Å². The minimum absolute atomic E-state index is 0.0191. The van der Waals surface area contributed by atoms with E-state index in [1.54, 1.807) is 11.8 Å². The minimum Gasteiger partial charge on any atom is -0.454 e.